The second-order valence-corrected chi connectivity index (χ2v) is 5.13. The molecule has 0 heterocycles. The van der Waals surface area contributed by atoms with Crippen LogP contribution in [0.1, 0.15) is 12.8 Å². The second-order valence-electron chi connectivity index (χ2n) is 5.13. The highest BCUT2D eigenvalue weighted by molar-refractivity contribution is 5.75. The molecule has 0 aliphatic carbocycles. The topological polar surface area (TPSA) is 148 Å². The van der Waals surface area contributed by atoms with Crippen LogP contribution in [0.4, 0.5) is 0 Å². The summed E-state index contributed by atoms with van der Waals surface area (Å²) in [4.78, 5) is 13.9. The molecule has 0 fully saturated rings. The number of carboxylic acids is 1. The van der Waals surface area contributed by atoms with Crippen molar-refractivity contribution in [2.75, 3.05) is 40.8 Å². The Morgan fingerprint density at radius 2 is 1.84 bits per heavy atom. The van der Waals surface area contributed by atoms with Crippen LogP contribution in [-0.2, 0) is 4.79 Å². The third-order valence-electron chi connectivity index (χ3n) is 2.06. The SMILES string of the molecule is C[N+](C)(C)CCO.NC(N)=NCCC[C@H](N)C(=O)O. The number of nitrogens with zero attached hydrogens (tertiary/aromatic N) is 2. The van der Waals surface area contributed by atoms with Gasteiger partial charge in [-0.25, -0.2) is 0 Å². The minimum absolute atomic E-state index is 0.0129. The molecule has 8 heteroatoms. The number of aliphatic hydroxyl groups is 1. The van der Waals surface area contributed by atoms with Gasteiger partial charge in [0.05, 0.1) is 27.7 Å². The van der Waals surface area contributed by atoms with E-state index in [0.29, 0.717) is 19.4 Å². The standard InChI is InChI=1S/C6H14N4O2.C5H14NO/c7-4(5(11)12)2-1-3-10-6(8)9;1-6(2,3)4-5-7/h4H,1-3,7H2,(H,11,12)(H4,8,9,10);7H,4-5H2,1-3H3/q;+1/t4-;/m0./s1. The number of guanidine groups is 1. The zero-order valence-electron chi connectivity index (χ0n) is 12.0. The maximum atomic E-state index is 10.2. The number of hydrogen-bond donors (Lipinski definition) is 5. The van der Waals surface area contributed by atoms with Gasteiger partial charge in [-0.1, -0.05) is 0 Å². The summed E-state index contributed by atoms with van der Waals surface area (Å²) in [6, 6.07) is -0.820. The quantitative estimate of drug-likeness (QED) is 0.159. The molecule has 1 atom stereocenters. The molecule has 19 heavy (non-hydrogen) atoms. The molecule has 0 aliphatic heterocycles. The van der Waals surface area contributed by atoms with Gasteiger partial charge in [-0.05, 0) is 12.8 Å². The van der Waals surface area contributed by atoms with Gasteiger partial charge in [0.1, 0.15) is 12.6 Å². The Morgan fingerprint density at radius 3 is 2.11 bits per heavy atom. The smallest absolute Gasteiger partial charge is 0.320 e. The van der Waals surface area contributed by atoms with Crippen LogP contribution < -0.4 is 17.2 Å². The van der Waals surface area contributed by atoms with Gasteiger partial charge < -0.3 is 31.9 Å². The molecule has 0 aromatic carbocycles. The molecule has 0 amide bonds. The molecule has 0 spiro atoms. The van der Waals surface area contributed by atoms with Crippen molar-refractivity contribution in [2.24, 2.45) is 22.2 Å². The van der Waals surface area contributed by atoms with Gasteiger partial charge in [0.15, 0.2) is 5.96 Å². The Bertz CT molecular complexity index is 272. The molecule has 0 unspecified atom stereocenters. The average Bonchev–Trinajstić information content (AvgIpc) is 2.22. The van der Waals surface area contributed by atoms with E-state index in [4.69, 9.17) is 27.4 Å². The third-order valence-corrected chi connectivity index (χ3v) is 2.06. The monoisotopic (exact) mass is 278 g/mol. The molecule has 8 nitrogen and oxygen atoms in total. The summed E-state index contributed by atoms with van der Waals surface area (Å²) in [6.45, 7) is 1.53. The normalized spacial score (nSPS) is 12.1. The molecular weight excluding hydrogens is 250 g/mol. The van der Waals surface area contributed by atoms with Crippen LogP contribution in [0.15, 0.2) is 4.99 Å². The number of likely N-dealkylation sites (N-methyl/N-ethyl adjacent to an activating group) is 1. The summed E-state index contributed by atoms with van der Waals surface area (Å²) < 4.78 is 0.844. The molecule has 0 aromatic heterocycles. The first-order chi connectivity index (χ1) is 8.60. The number of hydrogen-bond acceptors (Lipinski definition) is 4. The molecule has 0 aromatic rings. The third kappa shape index (κ3) is 19.2. The highest BCUT2D eigenvalue weighted by atomic mass is 16.4. The van der Waals surface area contributed by atoms with Crippen molar-refractivity contribution in [3.63, 3.8) is 0 Å². The van der Waals surface area contributed by atoms with E-state index in [1.807, 2.05) is 0 Å². The number of nitrogens with two attached hydrogens (primary N) is 3. The average molecular weight is 278 g/mol. The lowest BCUT2D eigenvalue weighted by Gasteiger charge is -2.21. The number of aliphatic carboxylic acids is 1. The van der Waals surface area contributed by atoms with Gasteiger partial charge in [-0.3, -0.25) is 9.79 Å². The number of carbonyl (C=O) groups is 1. The molecular formula is C11H28N5O3+. The summed E-state index contributed by atoms with van der Waals surface area (Å²) in [5.41, 5.74) is 15.3. The van der Waals surface area contributed by atoms with Crippen molar-refractivity contribution in [3.8, 4) is 0 Å². The largest absolute Gasteiger partial charge is 0.480 e. The fourth-order valence-corrected chi connectivity index (χ4v) is 0.943. The second kappa shape index (κ2) is 10.5. The number of aliphatic hydroxyl groups excluding tert-OH is 1. The summed E-state index contributed by atoms with van der Waals surface area (Å²) in [6.07, 6.45) is 0.956. The van der Waals surface area contributed by atoms with Crippen molar-refractivity contribution in [1.82, 2.24) is 0 Å². The van der Waals surface area contributed by atoms with Gasteiger partial charge in [0.25, 0.3) is 0 Å². The van der Waals surface area contributed by atoms with E-state index >= 15 is 0 Å². The van der Waals surface area contributed by atoms with Gasteiger partial charge in [0, 0.05) is 6.54 Å². The van der Waals surface area contributed by atoms with E-state index in [0.717, 1.165) is 11.0 Å². The van der Waals surface area contributed by atoms with Gasteiger partial charge >= 0.3 is 5.97 Å². The van der Waals surface area contributed by atoms with E-state index in [1.54, 1.807) is 0 Å². The summed E-state index contributed by atoms with van der Waals surface area (Å²) in [5, 5.41) is 16.8. The maximum absolute atomic E-state index is 10.2. The highest BCUT2D eigenvalue weighted by Crippen LogP contribution is 1.94. The van der Waals surface area contributed by atoms with Crippen LogP contribution in [0.5, 0.6) is 0 Å². The van der Waals surface area contributed by atoms with E-state index < -0.39 is 12.0 Å². The van der Waals surface area contributed by atoms with Crippen LogP contribution >= 0.6 is 0 Å². The molecule has 8 N–H and O–H groups in total. The summed E-state index contributed by atoms with van der Waals surface area (Å²) in [5.74, 6) is -0.987. The van der Waals surface area contributed by atoms with Crippen LogP contribution in [-0.4, -0.2) is 73.5 Å². The fourth-order valence-electron chi connectivity index (χ4n) is 0.943. The Labute approximate surface area is 114 Å². The number of rotatable bonds is 7. The van der Waals surface area contributed by atoms with Crippen LogP contribution in [0.25, 0.3) is 0 Å². The van der Waals surface area contributed by atoms with Crippen molar-refractivity contribution >= 4 is 11.9 Å². The highest BCUT2D eigenvalue weighted by Gasteiger charge is 2.09. The lowest BCUT2D eigenvalue weighted by molar-refractivity contribution is -0.870. The van der Waals surface area contributed by atoms with Crippen LogP contribution in [0.3, 0.4) is 0 Å². The number of carboxylic acid groups (broad SMARTS) is 1. The zero-order valence-corrected chi connectivity index (χ0v) is 12.0. The molecule has 0 bridgehead atoms. The van der Waals surface area contributed by atoms with E-state index in [-0.39, 0.29) is 12.6 Å². The molecule has 114 valence electrons. The Balaban J connectivity index is 0. The Hall–Kier alpha value is -1.38. The van der Waals surface area contributed by atoms with E-state index in [9.17, 15) is 4.79 Å². The Kier molecular flexibility index (Phi) is 11.1. The van der Waals surface area contributed by atoms with E-state index in [2.05, 4.69) is 26.1 Å². The molecule has 0 saturated carbocycles. The van der Waals surface area contributed by atoms with Crippen molar-refractivity contribution < 1.29 is 19.5 Å². The number of quaternary nitrogens is 1. The lowest BCUT2D eigenvalue weighted by Crippen LogP contribution is -2.36. The van der Waals surface area contributed by atoms with E-state index in [1.165, 1.54) is 0 Å². The molecule has 0 rings (SSSR count). The minimum Gasteiger partial charge on any atom is -0.480 e. The first kappa shape index (κ1) is 19.9. The molecule has 0 saturated heterocycles. The Morgan fingerprint density at radius 1 is 1.32 bits per heavy atom. The molecule has 0 radical (unpaired) electrons. The minimum atomic E-state index is -1.00. The van der Waals surface area contributed by atoms with Crippen LogP contribution in [0, 0.1) is 0 Å². The van der Waals surface area contributed by atoms with Gasteiger partial charge in [0.2, 0.25) is 0 Å². The number of aliphatic imine (C=N–C) groups is 1. The predicted octanol–water partition coefficient (Wildman–Crippen LogP) is -1.86. The summed E-state index contributed by atoms with van der Waals surface area (Å²) in [7, 11) is 6.16. The lowest BCUT2D eigenvalue weighted by atomic mass is 10.2. The van der Waals surface area contributed by atoms with Crippen molar-refractivity contribution in [3.05, 3.63) is 0 Å². The summed E-state index contributed by atoms with van der Waals surface area (Å²) >= 11 is 0. The van der Waals surface area contributed by atoms with Crippen molar-refractivity contribution in [1.29, 1.82) is 0 Å². The first-order valence-electron chi connectivity index (χ1n) is 6.05. The van der Waals surface area contributed by atoms with Gasteiger partial charge in [-0.15, -0.1) is 0 Å². The zero-order chi connectivity index (χ0) is 15.5. The van der Waals surface area contributed by atoms with Crippen molar-refractivity contribution in [2.45, 2.75) is 18.9 Å². The van der Waals surface area contributed by atoms with Gasteiger partial charge in [-0.2, -0.15) is 0 Å². The predicted molar refractivity (Wildman–Crippen MR) is 75.5 cm³/mol. The molecule has 0 aliphatic rings. The first-order valence-corrected chi connectivity index (χ1v) is 6.05. The van der Waals surface area contributed by atoms with Crippen LogP contribution in [0.2, 0.25) is 0 Å². The fraction of sp³-hybridized carbons (Fsp3) is 0.818. The maximum Gasteiger partial charge on any atom is 0.320 e.